The van der Waals surface area contributed by atoms with Crippen molar-refractivity contribution in [2.45, 2.75) is 6.92 Å². The first-order valence-corrected chi connectivity index (χ1v) is 4.61. The predicted octanol–water partition coefficient (Wildman–Crippen LogP) is 2.45. The maximum Gasteiger partial charge on any atom is 0.185 e. The number of hydrogen-bond acceptors (Lipinski definition) is 2. The third-order valence-corrected chi connectivity index (χ3v) is 2.33. The van der Waals surface area contributed by atoms with Gasteiger partial charge in [-0.25, -0.2) is 4.98 Å². The summed E-state index contributed by atoms with van der Waals surface area (Å²) in [6, 6.07) is 3.88. The third kappa shape index (κ3) is 1.37. The fourth-order valence-corrected chi connectivity index (χ4v) is 1.89. The Balaban J connectivity index is 2.82. The minimum atomic E-state index is 0.371. The van der Waals surface area contributed by atoms with Gasteiger partial charge in [-0.3, -0.25) is 4.79 Å². The van der Waals surface area contributed by atoms with Crippen LogP contribution in [0.3, 0.4) is 0 Å². The molecule has 0 spiro atoms. The Morgan fingerprint density at radius 1 is 1.54 bits per heavy atom. The summed E-state index contributed by atoms with van der Waals surface area (Å²) in [5.74, 6) is 0.371. The SMILES string of the molecule is Cc1cc(Br)cc2[nH]c(C=O)nc12. The first kappa shape index (κ1) is 8.44. The number of halogens is 1. The van der Waals surface area contributed by atoms with E-state index in [9.17, 15) is 4.79 Å². The molecule has 0 unspecified atom stereocenters. The number of carbonyl (C=O) groups is 1. The van der Waals surface area contributed by atoms with Crippen molar-refractivity contribution in [2.24, 2.45) is 0 Å². The van der Waals surface area contributed by atoms with E-state index in [0.29, 0.717) is 12.1 Å². The lowest BCUT2D eigenvalue weighted by molar-refractivity contribution is 0.111. The van der Waals surface area contributed by atoms with Crippen molar-refractivity contribution < 1.29 is 4.79 Å². The highest BCUT2D eigenvalue weighted by Crippen LogP contribution is 2.21. The van der Waals surface area contributed by atoms with E-state index in [-0.39, 0.29) is 0 Å². The zero-order chi connectivity index (χ0) is 9.42. The molecule has 1 aromatic heterocycles. The Hall–Kier alpha value is -1.16. The Morgan fingerprint density at radius 3 is 3.00 bits per heavy atom. The fourth-order valence-electron chi connectivity index (χ4n) is 1.32. The topological polar surface area (TPSA) is 45.8 Å². The number of aryl methyl sites for hydroxylation is 1. The van der Waals surface area contributed by atoms with Gasteiger partial charge in [-0.05, 0) is 24.6 Å². The van der Waals surface area contributed by atoms with Crippen LogP contribution in [0.25, 0.3) is 11.0 Å². The molecule has 0 radical (unpaired) electrons. The van der Waals surface area contributed by atoms with E-state index >= 15 is 0 Å². The van der Waals surface area contributed by atoms with Crippen molar-refractivity contribution >= 4 is 33.2 Å². The Labute approximate surface area is 83.3 Å². The number of aromatic amines is 1. The zero-order valence-corrected chi connectivity index (χ0v) is 8.55. The van der Waals surface area contributed by atoms with Gasteiger partial charge in [0.05, 0.1) is 11.0 Å². The zero-order valence-electron chi connectivity index (χ0n) is 6.97. The Bertz CT molecular complexity index is 476. The number of H-pyrrole nitrogens is 1. The average molecular weight is 239 g/mol. The number of imidazole rings is 1. The van der Waals surface area contributed by atoms with Crippen LogP contribution < -0.4 is 0 Å². The Morgan fingerprint density at radius 2 is 2.31 bits per heavy atom. The van der Waals surface area contributed by atoms with Crippen LogP contribution in [-0.2, 0) is 0 Å². The summed E-state index contributed by atoms with van der Waals surface area (Å²) in [6.07, 6.45) is 0.716. The summed E-state index contributed by atoms with van der Waals surface area (Å²) in [5.41, 5.74) is 2.79. The van der Waals surface area contributed by atoms with Gasteiger partial charge >= 0.3 is 0 Å². The molecule has 0 aliphatic carbocycles. The van der Waals surface area contributed by atoms with Gasteiger partial charge in [0.1, 0.15) is 0 Å². The smallest absolute Gasteiger partial charge is 0.185 e. The number of carbonyl (C=O) groups excluding carboxylic acids is 1. The van der Waals surface area contributed by atoms with Gasteiger partial charge in [0, 0.05) is 4.47 Å². The van der Waals surface area contributed by atoms with E-state index in [1.54, 1.807) is 0 Å². The molecule has 1 N–H and O–H groups in total. The summed E-state index contributed by atoms with van der Waals surface area (Å²) in [5, 5.41) is 0. The van der Waals surface area contributed by atoms with Gasteiger partial charge in [0.2, 0.25) is 0 Å². The molecule has 0 bridgehead atoms. The van der Waals surface area contributed by atoms with Crippen LogP contribution in [0.15, 0.2) is 16.6 Å². The molecule has 0 aliphatic heterocycles. The van der Waals surface area contributed by atoms with Crippen LogP contribution in [0.4, 0.5) is 0 Å². The highest BCUT2D eigenvalue weighted by Gasteiger charge is 2.04. The highest BCUT2D eigenvalue weighted by molar-refractivity contribution is 9.10. The lowest BCUT2D eigenvalue weighted by atomic mass is 10.2. The number of nitrogens with one attached hydrogen (secondary N) is 1. The molecule has 2 rings (SSSR count). The van der Waals surface area contributed by atoms with E-state index in [2.05, 4.69) is 25.9 Å². The molecule has 0 saturated carbocycles. The van der Waals surface area contributed by atoms with E-state index in [1.807, 2.05) is 19.1 Å². The fraction of sp³-hybridized carbons (Fsp3) is 0.111. The molecular weight excluding hydrogens is 232 g/mol. The van der Waals surface area contributed by atoms with Gasteiger partial charge in [-0.2, -0.15) is 0 Å². The number of aromatic nitrogens is 2. The van der Waals surface area contributed by atoms with Crippen LogP contribution in [-0.4, -0.2) is 16.3 Å². The first-order valence-electron chi connectivity index (χ1n) is 3.82. The number of hydrogen-bond donors (Lipinski definition) is 1. The molecule has 0 saturated heterocycles. The summed E-state index contributed by atoms with van der Waals surface area (Å²) < 4.78 is 0.985. The normalized spacial score (nSPS) is 10.6. The average Bonchev–Trinajstić information content (AvgIpc) is 2.47. The van der Waals surface area contributed by atoms with Crippen molar-refractivity contribution in [3.8, 4) is 0 Å². The predicted molar refractivity (Wildman–Crippen MR) is 53.9 cm³/mol. The van der Waals surface area contributed by atoms with Crippen molar-refractivity contribution in [2.75, 3.05) is 0 Å². The second kappa shape index (κ2) is 2.96. The van der Waals surface area contributed by atoms with E-state index in [0.717, 1.165) is 21.1 Å². The van der Waals surface area contributed by atoms with Crippen LogP contribution in [0.2, 0.25) is 0 Å². The molecule has 0 atom stereocenters. The standard InChI is InChI=1S/C9H7BrN2O/c1-5-2-6(10)3-7-9(5)12-8(4-13)11-7/h2-4H,1H3,(H,11,12). The molecule has 13 heavy (non-hydrogen) atoms. The van der Waals surface area contributed by atoms with Crippen molar-refractivity contribution in [1.29, 1.82) is 0 Å². The number of nitrogens with zero attached hydrogens (tertiary/aromatic N) is 1. The van der Waals surface area contributed by atoms with Crippen molar-refractivity contribution in [3.05, 3.63) is 28.0 Å². The van der Waals surface area contributed by atoms with Gasteiger partial charge in [-0.1, -0.05) is 15.9 Å². The molecule has 4 heteroatoms. The lowest BCUT2D eigenvalue weighted by Gasteiger charge is -1.94. The monoisotopic (exact) mass is 238 g/mol. The number of fused-ring (bicyclic) bond motifs is 1. The molecule has 66 valence electrons. The molecule has 0 fully saturated rings. The molecule has 1 aromatic carbocycles. The number of rotatable bonds is 1. The Kier molecular flexibility index (Phi) is 1.92. The maximum atomic E-state index is 10.5. The van der Waals surface area contributed by atoms with E-state index < -0.39 is 0 Å². The van der Waals surface area contributed by atoms with Gasteiger partial charge < -0.3 is 4.98 Å². The lowest BCUT2D eigenvalue weighted by Crippen LogP contribution is -1.79. The van der Waals surface area contributed by atoms with Crippen molar-refractivity contribution in [1.82, 2.24) is 9.97 Å². The van der Waals surface area contributed by atoms with Crippen LogP contribution in [0.1, 0.15) is 16.2 Å². The number of benzene rings is 1. The first-order chi connectivity index (χ1) is 6.20. The maximum absolute atomic E-state index is 10.5. The minimum Gasteiger partial charge on any atom is -0.336 e. The molecule has 0 amide bonds. The molecule has 0 aliphatic rings. The second-order valence-corrected chi connectivity index (χ2v) is 3.77. The molecule has 2 aromatic rings. The van der Waals surface area contributed by atoms with Crippen LogP contribution in [0, 0.1) is 6.92 Å². The summed E-state index contributed by atoms with van der Waals surface area (Å²) in [4.78, 5) is 17.5. The van der Waals surface area contributed by atoms with Crippen LogP contribution in [0.5, 0.6) is 0 Å². The summed E-state index contributed by atoms with van der Waals surface area (Å²) in [6.45, 7) is 1.96. The number of aldehydes is 1. The van der Waals surface area contributed by atoms with Gasteiger partial charge in [-0.15, -0.1) is 0 Å². The quantitative estimate of drug-likeness (QED) is 0.777. The summed E-state index contributed by atoms with van der Waals surface area (Å²) in [7, 11) is 0. The van der Waals surface area contributed by atoms with E-state index in [1.165, 1.54) is 0 Å². The minimum absolute atomic E-state index is 0.371. The van der Waals surface area contributed by atoms with Gasteiger partial charge in [0.15, 0.2) is 12.1 Å². The third-order valence-electron chi connectivity index (χ3n) is 1.87. The van der Waals surface area contributed by atoms with Gasteiger partial charge in [0.25, 0.3) is 0 Å². The highest BCUT2D eigenvalue weighted by atomic mass is 79.9. The van der Waals surface area contributed by atoms with E-state index in [4.69, 9.17) is 0 Å². The molecular formula is C9H7BrN2O. The summed E-state index contributed by atoms with van der Waals surface area (Å²) >= 11 is 3.38. The van der Waals surface area contributed by atoms with Crippen molar-refractivity contribution in [3.63, 3.8) is 0 Å². The van der Waals surface area contributed by atoms with Crippen LogP contribution >= 0.6 is 15.9 Å². The largest absolute Gasteiger partial charge is 0.336 e. The second-order valence-electron chi connectivity index (χ2n) is 2.86. The molecule has 1 heterocycles. The molecule has 3 nitrogen and oxygen atoms in total.